The fraction of sp³-hybridized carbons (Fsp3) is 0.882. The van der Waals surface area contributed by atoms with Crippen molar-refractivity contribution in [2.24, 2.45) is 0 Å². The third kappa shape index (κ3) is 40.9. The molecular formula is C51H97NO5. The van der Waals surface area contributed by atoms with Gasteiger partial charge in [-0.05, 0) is 51.4 Å². The number of allylic oxidation sites excluding steroid dienone is 4. The number of carbonyl (C=O) groups is 2. The van der Waals surface area contributed by atoms with Crippen molar-refractivity contribution in [2.75, 3.05) is 6.61 Å². The summed E-state index contributed by atoms with van der Waals surface area (Å²) in [5.41, 5.74) is 0. The van der Waals surface area contributed by atoms with Gasteiger partial charge in [-0.15, -0.1) is 0 Å². The molecule has 0 aliphatic heterocycles. The van der Waals surface area contributed by atoms with Crippen LogP contribution in [0.3, 0.4) is 0 Å². The minimum Gasteiger partial charge on any atom is -0.462 e. The first-order valence-corrected chi connectivity index (χ1v) is 25.1. The molecule has 0 aromatic carbocycles. The van der Waals surface area contributed by atoms with E-state index in [4.69, 9.17) is 4.74 Å². The Morgan fingerprint density at radius 2 is 0.877 bits per heavy atom. The minimum absolute atomic E-state index is 0.0778. The summed E-state index contributed by atoms with van der Waals surface area (Å²) in [5.74, 6) is -0.476. The van der Waals surface area contributed by atoms with E-state index in [1.807, 2.05) is 0 Å². The summed E-state index contributed by atoms with van der Waals surface area (Å²) in [6, 6.07) is -0.697. The van der Waals surface area contributed by atoms with Crippen LogP contribution in [0.4, 0.5) is 0 Å². The molecule has 0 radical (unpaired) electrons. The highest BCUT2D eigenvalue weighted by Crippen LogP contribution is 2.18. The predicted molar refractivity (Wildman–Crippen MR) is 246 cm³/mol. The lowest BCUT2D eigenvalue weighted by Gasteiger charge is -2.24. The lowest BCUT2D eigenvalue weighted by molar-refractivity contribution is -0.151. The number of hydrogen-bond acceptors (Lipinski definition) is 5. The van der Waals surface area contributed by atoms with E-state index in [0.29, 0.717) is 19.3 Å². The van der Waals surface area contributed by atoms with Gasteiger partial charge in [0.25, 0.3) is 0 Å². The van der Waals surface area contributed by atoms with Gasteiger partial charge >= 0.3 is 5.97 Å². The van der Waals surface area contributed by atoms with Crippen LogP contribution in [0.1, 0.15) is 265 Å². The molecule has 0 aromatic rings. The zero-order chi connectivity index (χ0) is 41.7. The summed E-state index contributed by atoms with van der Waals surface area (Å²) >= 11 is 0. The fourth-order valence-electron chi connectivity index (χ4n) is 7.72. The van der Waals surface area contributed by atoms with E-state index in [9.17, 15) is 19.8 Å². The van der Waals surface area contributed by atoms with Gasteiger partial charge < -0.3 is 20.3 Å². The molecule has 0 rings (SSSR count). The largest absolute Gasteiger partial charge is 0.462 e. The van der Waals surface area contributed by atoms with E-state index in [0.717, 1.165) is 51.4 Å². The van der Waals surface area contributed by atoms with Crippen molar-refractivity contribution < 1.29 is 24.5 Å². The first-order chi connectivity index (χ1) is 28.0. The van der Waals surface area contributed by atoms with Gasteiger partial charge in [-0.3, -0.25) is 9.59 Å². The van der Waals surface area contributed by atoms with Gasteiger partial charge in [-0.1, -0.05) is 225 Å². The smallest absolute Gasteiger partial charge is 0.306 e. The van der Waals surface area contributed by atoms with Crippen molar-refractivity contribution in [2.45, 2.75) is 283 Å². The monoisotopic (exact) mass is 804 g/mol. The summed E-state index contributed by atoms with van der Waals surface area (Å²) in [7, 11) is 0. The second-order valence-electron chi connectivity index (χ2n) is 17.3. The Balaban J connectivity index is 4.54. The highest BCUT2D eigenvalue weighted by atomic mass is 16.5. The Labute approximate surface area is 354 Å². The average molecular weight is 804 g/mol. The molecule has 3 unspecified atom stereocenters. The number of nitrogens with one attached hydrogen (secondary N) is 1. The van der Waals surface area contributed by atoms with Gasteiger partial charge in [0.1, 0.15) is 6.10 Å². The zero-order valence-electron chi connectivity index (χ0n) is 38.2. The molecule has 0 saturated heterocycles. The molecule has 3 N–H and O–H groups in total. The van der Waals surface area contributed by atoms with Gasteiger partial charge in [0, 0.05) is 6.42 Å². The van der Waals surface area contributed by atoms with Crippen LogP contribution in [0.25, 0.3) is 0 Å². The molecular weight excluding hydrogens is 707 g/mol. The summed E-state index contributed by atoms with van der Waals surface area (Å²) < 4.78 is 5.92. The fourth-order valence-corrected chi connectivity index (χ4v) is 7.72. The van der Waals surface area contributed by atoms with Crippen LogP contribution in [0.2, 0.25) is 0 Å². The van der Waals surface area contributed by atoms with Crippen LogP contribution < -0.4 is 5.32 Å². The summed E-state index contributed by atoms with van der Waals surface area (Å²) in [5, 5.41) is 23.7. The van der Waals surface area contributed by atoms with Gasteiger partial charge in [0.15, 0.2) is 0 Å². The van der Waals surface area contributed by atoms with E-state index in [-0.39, 0.29) is 24.9 Å². The summed E-state index contributed by atoms with van der Waals surface area (Å²) in [6.07, 6.45) is 50.9. The number of hydrogen-bond donors (Lipinski definition) is 3. The van der Waals surface area contributed by atoms with Crippen LogP contribution in [-0.4, -0.2) is 46.9 Å². The van der Waals surface area contributed by atoms with Crippen LogP contribution in [0.5, 0.6) is 0 Å². The number of rotatable bonds is 45. The van der Waals surface area contributed by atoms with Crippen LogP contribution in [-0.2, 0) is 14.3 Å². The van der Waals surface area contributed by atoms with E-state index in [1.54, 1.807) is 0 Å². The van der Waals surface area contributed by atoms with E-state index in [2.05, 4.69) is 50.4 Å². The third-order valence-electron chi connectivity index (χ3n) is 11.6. The van der Waals surface area contributed by atoms with Crippen molar-refractivity contribution >= 4 is 11.9 Å². The number of amides is 1. The maximum absolute atomic E-state index is 13.2. The Kier molecular flexibility index (Phi) is 44.1. The van der Waals surface area contributed by atoms with Crippen LogP contribution >= 0.6 is 0 Å². The number of unbranched alkanes of at least 4 members (excludes halogenated alkanes) is 30. The highest BCUT2D eigenvalue weighted by Gasteiger charge is 2.24. The molecule has 0 bridgehead atoms. The molecule has 57 heavy (non-hydrogen) atoms. The van der Waals surface area contributed by atoms with Gasteiger partial charge in [-0.2, -0.15) is 0 Å². The SMILES string of the molecule is CCCCC/C=C/C=C/CCCCCCCCC(=O)OC(CCCCCCCCCCCCC)CC(=O)NC(CO)C(O)CCCCCCCCCCCCCC. The number of ether oxygens (including phenoxy) is 1. The normalized spacial score (nSPS) is 13.4. The first-order valence-electron chi connectivity index (χ1n) is 25.1. The molecule has 0 aliphatic carbocycles. The lowest BCUT2D eigenvalue weighted by Crippen LogP contribution is -2.46. The second kappa shape index (κ2) is 45.4. The van der Waals surface area contributed by atoms with Crippen molar-refractivity contribution in [1.29, 1.82) is 0 Å². The quantitative estimate of drug-likeness (QED) is 0.0324. The van der Waals surface area contributed by atoms with Crippen molar-refractivity contribution in [3.63, 3.8) is 0 Å². The number of carbonyl (C=O) groups excluding carboxylic acids is 2. The molecule has 0 heterocycles. The van der Waals surface area contributed by atoms with E-state index in [1.165, 1.54) is 167 Å². The predicted octanol–water partition coefficient (Wildman–Crippen LogP) is 14.7. The summed E-state index contributed by atoms with van der Waals surface area (Å²) in [6.45, 7) is 6.45. The van der Waals surface area contributed by atoms with Crippen molar-refractivity contribution in [3.05, 3.63) is 24.3 Å². The molecule has 6 heteroatoms. The lowest BCUT2D eigenvalue weighted by atomic mass is 10.0. The minimum atomic E-state index is -0.784. The van der Waals surface area contributed by atoms with Crippen LogP contribution in [0.15, 0.2) is 24.3 Å². The van der Waals surface area contributed by atoms with E-state index >= 15 is 0 Å². The molecule has 0 saturated carbocycles. The highest BCUT2D eigenvalue weighted by molar-refractivity contribution is 5.77. The average Bonchev–Trinajstić information content (AvgIpc) is 3.20. The molecule has 1 amide bonds. The Morgan fingerprint density at radius 1 is 0.509 bits per heavy atom. The molecule has 0 spiro atoms. The van der Waals surface area contributed by atoms with Gasteiger partial charge in [-0.25, -0.2) is 0 Å². The summed E-state index contributed by atoms with van der Waals surface area (Å²) in [4.78, 5) is 26.1. The maximum Gasteiger partial charge on any atom is 0.306 e. The Morgan fingerprint density at radius 3 is 1.33 bits per heavy atom. The first kappa shape index (κ1) is 55.3. The number of aliphatic hydroxyl groups excluding tert-OH is 2. The van der Waals surface area contributed by atoms with Gasteiger partial charge in [0.05, 0.1) is 25.2 Å². The molecule has 0 aliphatic rings. The topological polar surface area (TPSA) is 95.9 Å². The number of aliphatic hydroxyl groups is 2. The molecule has 336 valence electrons. The second-order valence-corrected chi connectivity index (χ2v) is 17.3. The van der Waals surface area contributed by atoms with Gasteiger partial charge in [0.2, 0.25) is 5.91 Å². The van der Waals surface area contributed by atoms with Crippen molar-refractivity contribution in [1.82, 2.24) is 5.32 Å². The Hall–Kier alpha value is -1.66. The third-order valence-corrected chi connectivity index (χ3v) is 11.6. The standard InChI is InChI=1S/C51H97NO5/c1-4-7-10-13-16-19-22-24-25-26-29-32-35-38-41-44-51(56)57-47(42-39-36-33-30-27-21-18-15-12-9-6-3)45-50(55)52-48(46-53)49(54)43-40-37-34-31-28-23-20-17-14-11-8-5-2/h16,19,22,24,47-49,53-54H,4-15,17-18,20-21,23,25-46H2,1-3H3,(H,52,55)/b19-16+,24-22+. The van der Waals surface area contributed by atoms with E-state index < -0.39 is 18.2 Å². The molecule has 0 fully saturated rings. The number of esters is 1. The van der Waals surface area contributed by atoms with Crippen molar-refractivity contribution in [3.8, 4) is 0 Å². The zero-order valence-corrected chi connectivity index (χ0v) is 38.2. The van der Waals surface area contributed by atoms with Crippen LogP contribution in [0, 0.1) is 0 Å². The molecule has 6 nitrogen and oxygen atoms in total. The maximum atomic E-state index is 13.2. The Bertz CT molecular complexity index is 904. The molecule has 3 atom stereocenters. The molecule has 0 aromatic heterocycles.